The van der Waals surface area contributed by atoms with E-state index in [1.165, 1.54) is 19.2 Å². The topological polar surface area (TPSA) is 84.9 Å². The van der Waals surface area contributed by atoms with Crippen molar-refractivity contribution in [3.05, 3.63) is 83.9 Å². The van der Waals surface area contributed by atoms with Crippen LogP contribution in [0.25, 0.3) is 0 Å². The molecule has 0 fully saturated rings. The molecule has 1 N–H and O–H groups in total. The number of methoxy groups -OCH3 is 1. The molecule has 7 nitrogen and oxygen atoms in total. The number of ether oxygens (including phenoxy) is 2. The van der Waals surface area contributed by atoms with Crippen LogP contribution in [-0.2, 0) is 14.8 Å². The zero-order valence-electron chi connectivity index (χ0n) is 17.4. The van der Waals surface area contributed by atoms with E-state index in [-0.39, 0.29) is 18.0 Å². The van der Waals surface area contributed by atoms with E-state index in [2.05, 4.69) is 5.32 Å². The number of hydrogen-bond donors (Lipinski definition) is 1. The van der Waals surface area contributed by atoms with E-state index >= 15 is 0 Å². The Morgan fingerprint density at radius 1 is 0.969 bits per heavy atom. The Hall–Kier alpha value is -3.23. The van der Waals surface area contributed by atoms with Gasteiger partial charge in [-0.2, -0.15) is 0 Å². The van der Waals surface area contributed by atoms with Gasteiger partial charge in [-0.15, -0.1) is 0 Å². The first kappa shape index (κ1) is 23.4. The Kier molecular flexibility index (Phi) is 7.97. The van der Waals surface area contributed by atoms with Crippen LogP contribution in [0.15, 0.2) is 83.8 Å². The maximum Gasteiger partial charge on any atom is 0.264 e. The minimum absolute atomic E-state index is 0.0886. The summed E-state index contributed by atoms with van der Waals surface area (Å²) < 4.78 is 38.2. The van der Waals surface area contributed by atoms with Gasteiger partial charge in [-0.25, -0.2) is 8.42 Å². The zero-order valence-corrected chi connectivity index (χ0v) is 19.0. The number of carbonyl (C=O) groups is 1. The largest absolute Gasteiger partial charge is 0.497 e. The van der Waals surface area contributed by atoms with Crippen LogP contribution in [-0.4, -0.2) is 41.1 Å². The smallest absolute Gasteiger partial charge is 0.264 e. The Labute approximate surface area is 192 Å². The molecule has 0 heterocycles. The van der Waals surface area contributed by atoms with Crippen molar-refractivity contribution < 1.29 is 22.7 Å². The van der Waals surface area contributed by atoms with Gasteiger partial charge in [-0.05, 0) is 48.5 Å². The van der Waals surface area contributed by atoms with E-state index in [4.69, 9.17) is 21.1 Å². The molecule has 0 bridgehead atoms. The summed E-state index contributed by atoms with van der Waals surface area (Å²) in [6.45, 7) is -0.0228. The summed E-state index contributed by atoms with van der Waals surface area (Å²) in [4.78, 5) is 12.7. The number of amides is 1. The first-order chi connectivity index (χ1) is 15.4. The minimum atomic E-state index is -3.96. The summed E-state index contributed by atoms with van der Waals surface area (Å²) >= 11 is 6.04. The highest BCUT2D eigenvalue weighted by Gasteiger charge is 2.27. The molecule has 0 aliphatic carbocycles. The molecule has 3 aromatic rings. The summed E-state index contributed by atoms with van der Waals surface area (Å²) in [5, 5.41) is 3.15. The van der Waals surface area contributed by atoms with Crippen LogP contribution in [0, 0.1) is 0 Å². The van der Waals surface area contributed by atoms with Gasteiger partial charge in [0, 0.05) is 0 Å². The number of halogens is 1. The van der Waals surface area contributed by atoms with Crippen LogP contribution in [0.4, 0.5) is 5.69 Å². The zero-order chi connectivity index (χ0) is 23.0. The van der Waals surface area contributed by atoms with E-state index < -0.39 is 22.5 Å². The summed E-state index contributed by atoms with van der Waals surface area (Å²) in [7, 11) is -2.45. The number of hydrogen-bond acceptors (Lipinski definition) is 5. The quantitative estimate of drug-likeness (QED) is 0.452. The SMILES string of the molecule is COc1ccc(N(CC(=O)NCCOc2ccccc2Cl)S(=O)(=O)c2ccccc2)cc1. The molecule has 0 aromatic heterocycles. The molecule has 0 radical (unpaired) electrons. The maximum atomic E-state index is 13.3. The van der Waals surface area contributed by atoms with Crippen molar-refractivity contribution >= 4 is 33.2 Å². The number of rotatable bonds is 10. The molecule has 0 unspecified atom stereocenters. The fourth-order valence-corrected chi connectivity index (χ4v) is 4.52. The second-order valence-electron chi connectivity index (χ2n) is 6.65. The molecule has 3 rings (SSSR count). The third-order valence-corrected chi connectivity index (χ3v) is 6.60. The summed E-state index contributed by atoms with van der Waals surface area (Å²) in [6.07, 6.45) is 0. The highest BCUT2D eigenvalue weighted by Crippen LogP contribution is 2.26. The Morgan fingerprint density at radius 2 is 1.62 bits per heavy atom. The van der Waals surface area contributed by atoms with E-state index in [0.29, 0.717) is 22.2 Å². The number of benzene rings is 3. The predicted octanol–water partition coefficient (Wildman–Crippen LogP) is 3.74. The molecule has 0 saturated carbocycles. The molecule has 32 heavy (non-hydrogen) atoms. The van der Waals surface area contributed by atoms with Crippen molar-refractivity contribution in [2.24, 2.45) is 0 Å². The highest BCUT2D eigenvalue weighted by atomic mass is 35.5. The lowest BCUT2D eigenvalue weighted by Gasteiger charge is -2.24. The van der Waals surface area contributed by atoms with Crippen LogP contribution >= 0.6 is 11.6 Å². The Balaban J connectivity index is 1.70. The third-order valence-electron chi connectivity index (χ3n) is 4.50. The van der Waals surface area contributed by atoms with Crippen LogP contribution in [0.5, 0.6) is 11.5 Å². The summed E-state index contributed by atoms with van der Waals surface area (Å²) in [5.74, 6) is 0.616. The van der Waals surface area contributed by atoms with Crippen molar-refractivity contribution in [1.29, 1.82) is 0 Å². The van der Waals surface area contributed by atoms with Gasteiger partial charge in [0.1, 0.15) is 24.7 Å². The van der Waals surface area contributed by atoms with Gasteiger partial charge in [-0.3, -0.25) is 9.10 Å². The molecule has 168 valence electrons. The lowest BCUT2D eigenvalue weighted by atomic mass is 10.3. The van der Waals surface area contributed by atoms with Crippen molar-refractivity contribution in [1.82, 2.24) is 5.32 Å². The first-order valence-corrected chi connectivity index (χ1v) is 11.6. The second-order valence-corrected chi connectivity index (χ2v) is 8.92. The molecule has 0 aliphatic rings. The average Bonchev–Trinajstić information content (AvgIpc) is 2.82. The lowest BCUT2D eigenvalue weighted by Crippen LogP contribution is -2.41. The molecule has 1 amide bonds. The third kappa shape index (κ3) is 5.93. The van der Waals surface area contributed by atoms with Crippen LogP contribution in [0.1, 0.15) is 0 Å². The van der Waals surface area contributed by atoms with Gasteiger partial charge in [0.15, 0.2) is 0 Å². The first-order valence-electron chi connectivity index (χ1n) is 9.77. The van der Waals surface area contributed by atoms with Crippen LogP contribution in [0.2, 0.25) is 5.02 Å². The van der Waals surface area contributed by atoms with Crippen molar-refractivity contribution in [2.45, 2.75) is 4.90 Å². The Bertz CT molecular complexity index is 1140. The molecule has 0 spiro atoms. The number of nitrogens with one attached hydrogen (secondary N) is 1. The van der Waals surface area contributed by atoms with Crippen molar-refractivity contribution in [3.63, 3.8) is 0 Å². The van der Waals surface area contributed by atoms with E-state index in [9.17, 15) is 13.2 Å². The van der Waals surface area contributed by atoms with Gasteiger partial charge in [-0.1, -0.05) is 41.9 Å². The maximum absolute atomic E-state index is 13.3. The fourth-order valence-electron chi connectivity index (χ4n) is 2.88. The van der Waals surface area contributed by atoms with E-state index in [1.807, 2.05) is 0 Å². The van der Waals surface area contributed by atoms with Gasteiger partial charge < -0.3 is 14.8 Å². The molecular formula is C23H23ClN2O5S. The summed E-state index contributed by atoms with van der Waals surface area (Å²) in [5.41, 5.74) is 0.345. The monoisotopic (exact) mass is 474 g/mol. The number of nitrogens with zero attached hydrogens (tertiary/aromatic N) is 1. The standard InChI is InChI=1S/C23H23ClN2O5S/c1-30-19-13-11-18(12-14-19)26(32(28,29)20-7-3-2-4-8-20)17-23(27)25-15-16-31-22-10-6-5-9-21(22)24/h2-14H,15-17H2,1H3,(H,25,27). The highest BCUT2D eigenvalue weighted by molar-refractivity contribution is 7.92. The Morgan fingerprint density at radius 3 is 2.28 bits per heavy atom. The minimum Gasteiger partial charge on any atom is -0.497 e. The van der Waals surface area contributed by atoms with Gasteiger partial charge in [0.05, 0.1) is 29.3 Å². The van der Waals surface area contributed by atoms with Crippen molar-refractivity contribution in [3.8, 4) is 11.5 Å². The van der Waals surface area contributed by atoms with Crippen LogP contribution in [0.3, 0.4) is 0 Å². The van der Waals surface area contributed by atoms with Gasteiger partial charge in [0.25, 0.3) is 10.0 Å². The molecule has 0 aliphatic heterocycles. The normalized spacial score (nSPS) is 10.9. The number of sulfonamides is 1. The molecule has 9 heteroatoms. The van der Waals surface area contributed by atoms with E-state index in [0.717, 1.165) is 4.31 Å². The van der Waals surface area contributed by atoms with Gasteiger partial charge >= 0.3 is 0 Å². The number of carbonyl (C=O) groups excluding carboxylic acids is 1. The van der Waals surface area contributed by atoms with Crippen molar-refractivity contribution in [2.75, 3.05) is 31.1 Å². The van der Waals surface area contributed by atoms with Gasteiger partial charge in [0.2, 0.25) is 5.91 Å². The number of para-hydroxylation sites is 1. The lowest BCUT2D eigenvalue weighted by molar-refractivity contribution is -0.119. The molecule has 0 atom stereocenters. The second kappa shape index (κ2) is 10.9. The molecule has 0 saturated heterocycles. The number of anilines is 1. The van der Waals surface area contributed by atoms with Crippen LogP contribution < -0.4 is 19.1 Å². The average molecular weight is 475 g/mol. The molecule has 3 aromatic carbocycles. The fraction of sp³-hybridized carbons (Fsp3) is 0.174. The predicted molar refractivity (Wildman–Crippen MR) is 124 cm³/mol. The summed E-state index contributed by atoms with van der Waals surface area (Å²) in [6, 6.07) is 21.4. The molecular weight excluding hydrogens is 452 g/mol. The van der Waals surface area contributed by atoms with E-state index in [1.54, 1.807) is 66.7 Å².